The number of carboxylic acid groups (broad SMARTS) is 1. The number of aliphatic carboxylic acids is 1. The Hall–Kier alpha value is -0.830. The average molecular weight is 212 g/mol. The Morgan fingerprint density at radius 1 is 1.47 bits per heavy atom. The predicted octanol–water partition coefficient (Wildman–Crippen LogP) is 2.20. The van der Waals surface area contributed by atoms with E-state index in [2.05, 4.69) is 6.92 Å². The highest BCUT2D eigenvalue weighted by atomic mass is 16.4. The Balaban J connectivity index is 3.08. The molecule has 0 aromatic carbocycles. The van der Waals surface area contributed by atoms with Crippen LogP contribution in [0.2, 0.25) is 0 Å². The van der Waals surface area contributed by atoms with Gasteiger partial charge in [-0.15, -0.1) is 0 Å². The lowest BCUT2D eigenvalue weighted by Crippen LogP contribution is -2.43. The highest BCUT2D eigenvalue weighted by molar-refractivity contribution is 5.81. The lowest BCUT2D eigenvalue weighted by molar-refractivity contribution is -0.131. The Kier molecular flexibility index (Phi) is 2.97. The van der Waals surface area contributed by atoms with E-state index in [4.69, 9.17) is 5.11 Å². The van der Waals surface area contributed by atoms with Gasteiger partial charge in [-0.2, -0.15) is 0 Å². The van der Waals surface area contributed by atoms with E-state index in [1.807, 2.05) is 13.8 Å². The fraction of sp³-hybridized carbons (Fsp3) is 0.750. The maximum Gasteiger partial charge on any atom is 0.328 e. The molecule has 1 saturated carbocycles. The van der Waals surface area contributed by atoms with Crippen molar-refractivity contribution in [3.63, 3.8) is 0 Å². The van der Waals surface area contributed by atoms with Crippen LogP contribution in [0.15, 0.2) is 11.6 Å². The van der Waals surface area contributed by atoms with Crippen LogP contribution in [-0.4, -0.2) is 21.8 Å². The van der Waals surface area contributed by atoms with Gasteiger partial charge in [0.15, 0.2) is 0 Å². The second kappa shape index (κ2) is 3.63. The molecule has 0 saturated heterocycles. The van der Waals surface area contributed by atoms with E-state index in [1.54, 1.807) is 6.92 Å². The summed E-state index contributed by atoms with van der Waals surface area (Å²) in [6, 6.07) is 0. The lowest BCUT2D eigenvalue weighted by Gasteiger charge is -2.40. The Labute approximate surface area is 90.8 Å². The summed E-state index contributed by atoms with van der Waals surface area (Å²) < 4.78 is 0. The molecule has 2 atom stereocenters. The van der Waals surface area contributed by atoms with E-state index < -0.39 is 11.6 Å². The van der Waals surface area contributed by atoms with Crippen LogP contribution in [0.3, 0.4) is 0 Å². The Bertz CT molecular complexity index is 304. The topological polar surface area (TPSA) is 57.5 Å². The van der Waals surface area contributed by atoms with Crippen LogP contribution in [0.5, 0.6) is 0 Å². The normalized spacial score (nSPS) is 35.5. The maximum atomic E-state index is 10.6. The highest BCUT2D eigenvalue weighted by Gasteiger charge is 2.52. The smallest absolute Gasteiger partial charge is 0.328 e. The molecule has 0 aliphatic heterocycles. The summed E-state index contributed by atoms with van der Waals surface area (Å²) in [6.45, 7) is 7.81. The molecular weight excluding hydrogens is 192 g/mol. The van der Waals surface area contributed by atoms with Crippen LogP contribution >= 0.6 is 0 Å². The first-order valence-corrected chi connectivity index (χ1v) is 5.36. The molecule has 0 aromatic rings. The van der Waals surface area contributed by atoms with Crippen molar-refractivity contribution in [3.05, 3.63) is 11.6 Å². The number of hydrogen-bond donors (Lipinski definition) is 2. The molecular formula is C12H20O3. The molecule has 3 nitrogen and oxygen atoms in total. The first-order valence-electron chi connectivity index (χ1n) is 5.36. The summed E-state index contributed by atoms with van der Waals surface area (Å²) in [7, 11) is 0. The molecule has 1 aliphatic rings. The summed E-state index contributed by atoms with van der Waals surface area (Å²) in [6.07, 6.45) is 2.71. The van der Waals surface area contributed by atoms with Crippen molar-refractivity contribution >= 4 is 5.97 Å². The minimum Gasteiger partial charge on any atom is -0.478 e. The summed E-state index contributed by atoms with van der Waals surface area (Å²) in [4.78, 5) is 10.6. The number of hydrogen-bond acceptors (Lipinski definition) is 2. The minimum absolute atomic E-state index is 0.261. The molecule has 3 heteroatoms. The number of carboxylic acids is 1. The second-order valence-electron chi connectivity index (χ2n) is 5.19. The number of carbonyl (C=O) groups is 1. The molecule has 15 heavy (non-hydrogen) atoms. The van der Waals surface area contributed by atoms with E-state index in [9.17, 15) is 9.90 Å². The van der Waals surface area contributed by atoms with Crippen LogP contribution in [-0.2, 0) is 4.79 Å². The summed E-state index contributed by atoms with van der Waals surface area (Å²) >= 11 is 0. The van der Waals surface area contributed by atoms with Gasteiger partial charge in [0.2, 0.25) is 0 Å². The van der Waals surface area contributed by atoms with Gasteiger partial charge < -0.3 is 10.2 Å². The van der Waals surface area contributed by atoms with Crippen molar-refractivity contribution in [2.45, 2.75) is 46.1 Å². The zero-order valence-electron chi connectivity index (χ0n) is 9.87. The molecule has 0 spiro atoms. The van der Waals surface area contributed by atoms with Crippen LogP contribution in [0.4, 0.5) is 0 Å². The third kappa shape index (κ3) is 1.81. The number of rotatable bonds is 2. The van der Waals surface area contributed by atoms with Gasteiger partial charge in [0.25, 0.3) is 0 Å². The lowest BCUT2D eigenvalue weighted by atomic mass is 9.70. The monoisotopic (exact) mass is 212 g/mol. The molecule has 0 heterocycles. The zero-order chi connectivity index (χ0) is 11.9. The standard InChI is InChI=1S/C12H20O3/c1-8-5-6-12(15,11(8,3)4)9(2)7-10(13)14/h7-8,15H,5-6H2,1-4H3,(H,13,14)/b9-7-. The molecule has 2 N–H and O–H groups in total. The van der Waals surface area contributed by atoms with Gasteiger partial charge in [0.1, 0.15) is 0 Å². The van der Waals surface area contributed by atoms with E-state index in [0.717, 1.165) is 12.5 Å². The molecule has 1 rings (SSSR count). The molecule has 0 aromatic heterocycles. The Morgan fingerprint density at radius 3 is 2.33 bits per heavy atom. The SMILES string of the molecule is C/C(=C/C(=O)O)C1(O)CCC(C)C1(C)C. The molecule has 0 bridgehead atoms. The minimum atomic E-state index is -0.990. The first-order chi connectivity index (χ1) is 6.72. The van der Waals surface area contributed by atoms with Crippen LogP contribution < -0.4 is 0 Å². The maximum absolute atomic E-state index is 10.6. The third-order valence-electron chi connectivity index (χ3n) is 4.23. The fourth-order valence-corrected chi connectivity index (χ4v) is 2.53. The predicted molar refractivity (Wildman–Crippen MR) is 58.5 cm³/mol. The number of aliphatic hydroxyl groups is 1. The average Bonchev–Trinajstić information content (AvgIpc) is 2.29. The van der Waals surface area contributed by atoms with Gasteiger partial charge in [0.05, 0.1) is 5.60 Å². The van der Waals surface area contributed by atoms with Gasteiger partial charge in [0, 0.05) is 6.08 Å². The van der Waals surface area contributed by atoms with Gasteiger partial charge in [-0.1, -0.05) is 20.8 Å². The quantitative estimate of drug-likeness (QED) is 0.690. The van der Waals surface area contributed by atoms with E-state index >= 15 is 0 Å². The fourth-order valence-electron chi connectivity index (χ4n) is 2.53. The molecule has 0 amide bonds. The van der Waals surface area contributed by atoms with E-state index in [0.29, 0.717) is 17.9 Å². The van der Waals surface area contributed by atoms with Crippen molar-refractivity contribution in [1.29, 1.82) is 0 Å². The van der Waals surface area contributed by atoms with Crippen LogP contribution in [0.25, 0.3) is 0 Å². The van der Waals surface area contributed by atoms with Crippen LogP contribution in [0.1, 0.15) is 40.5 Å². The van der Waals surface area contributed by atoms with Crippen molar-refractivity contribution in [2.75, 3.05) is 0 Å². The molecule has 2 unspecified atom stereocenters. The highest BCUT2D eigenvalue weighted by Crippen LogP contribution is 2.53. The molecule has 1 aliphatic carbocycles. The third-order valence-corrected chi connectivity index (χ3v) is 4.23. The van der Waals surface area contributed by atoms with Crippen molar-refractivity contribution in [2.24, 2.45) is 11.3 Å². The van der Waals surface area contributed by atoms with Gasteiger partial charge in [-0.25, -0.2) is 4.79 Å². The first kappa shape index (κ1) is 12.2. The Morgan fingerprint density at radius 2 is 2.00 bits per heavy atom. The van der Waals surface area contributed by atoms with E-state index in [1.165, 1.54) is 0 Å². The van der Waals surface area contributed by atoms with Gasteiger partial charge in [-0.05, 0) is 36.7 Å². The molecule has 86 valence electrons. The van der Waals surface area contributed by atoms with Crippen LogP contribution in [0, 0.1) is 11.3 Å². The molecule has 1 fully saturated rings. The van der Waals surface area contributed by atoms with E-state index in [-0.39, 0.29) is 5.41 Å². The van der Waals surface area contributed by atoms with Gasteiger partial charge >= 0.3 is 5.97 Å². The van der Waals surface area contributed by atoms with Crippen molar-refractivity contribution in [3.8, 4) is 0 Å². The van der Waals surface area contributed by atoms with Crippen molar-refractivity contribution in [1.82, 2.24) is 0 Å². The largest absolute Gasteiger partial charge is 0.478 e. The summed E-state index contributed by atoms with van der Waals surface area (Å²) in [5.41, 5.74) is -0.669. The van der Waals surface area contributed by atoms with Gasteiger partial charge in [-0.3, -0.25) is 0 Å². The molecule has 0 radical (unpaired) electrons. The van der Waals surface area contributed by atoms with Crippen molar-refractivity contribution < 1.29 is 15.0 Å². The summed E-state index contributed by atoms with van der Waals surface area (Å²) in [5.74, 6) is -0.587. The summed E-state index contributed by atoms with van der Waals surface area (Å²) in [5, 5.41) is 19.3. The second-order valence-corrected chi connectivity index (χ2v) is 5.19. The zero-order valence-corrected chi connectivity index (χ0v) is 9.87.